The van der Waals surface area contributed by atoms with E-state index in [9.17, 15) is 0 Å². The van der Waals surface area contributed by atoms with Crippen LogP contribution in [0, 0.1) is 11.3 Å². The second kappa shape index (κ2) is 3.28. The van der Waals surface area contributed by atoms with Crippen LogP contribution in [0.2, 0.25) is 0 Å². The van der Waals surface area contributed by atoms with Gasteiger partial charge in [0.1, 0.15) is 6.21 Å². The Balaban J connectivity index is 2.34. The fourth-order valence-corrected chi connectivity index (χ4v) is 1.30. The van der Waals surface area contributed by atoms with Crippen molar-refractivity contribution in [2.24, 2.45) is 5.16 Å². The van der Waals surface area contributed by atoms with E-state index < -0.39 is 0 Å². The van der Waals surface area contributed by atoms with Crippen molar-refractivity contribution >= 4 is 6.21 Å². The van der Waals surface area contributed by atoms with Crippen molar-refractivity contribution in [1.29, 1.82) is 5.26 Å². The summed E-state index contributed by atoms with van der Waals surface area (Å²) in [5.74, 6) is 0. The highest BCUT2D eigenvalue weighted by molar-refractivity contribution is 5.60. The molecule has 1 atom stereocenters. The van der Waals surface area contributed by atoms with Crippen molar-refractivity contribution in [3.8, 4) is 6.07 Å². The SMILES string of the molecule is N#Cc1ccccc1C1C[C]=NO1. The summed E-state index contributed by atoms with van der Waals surface area (Å²) in [5, 5.41) is 12.4. The second-order valence-electron chi connectivity index (χ2n) is 2.75. The molecule has 0 saturated carbocycles. The lowest BCUT2D eigenvalue weighted by Gasteiger charge is -2.08. The van der Waals surface area contributed by atoms with E-state index in [0.717, 1.165) is 5.56 Å². The summed E-state index contributed by atoms with van der Waals surface area (Å²) in [7, 11) is 0. The number of nitriles is 1. The highest BCUT2D eigenvalue weighted by Gasteiger charge is 2.19. The Morgan fingerprint density at radius 1 is 1.54 bits per heavy atom. The lowest BCUT2D eigenvalue weighted by atomic mass is 10.0. The minimum Gasteiger partial charge on any atom is -0.387 e. The van der Waals surface area contributed by atoms with Gasteiger partial charge in [0.25, 0.3) is 0 Å². The van der Waals surface area contributed by atoms with Crippen molar-refractivity contribution in [2.75, 3.05) is 0 Å². The van der Waals surface area contributed by atoms with Gasteiger partial charge >= 0.3 is 0 Å². The zero-order chi connectivity index (χ0) is 9.10. The minimum atomic E-state index is -0.129. The molecule has 0 N–H and O–H groups in total. The standard InChI is InChI=1S/C10H7N2O/c11-7-8-3-1-2-4-9(8)10-5-6-12-13-10/h1-4,10H,5H2. The van der Waals surface area contributed by atoms with E-state index in [-0.39, 0.29) is 6.10 Å². The third kappa shape index (κ3) is 1.38. The monoisotopic (exact) mass is 171 g/mol. The fourth-order valence-electron chi connectivity index (χ4n) is 1.30. The fraction of sp³-hybridized carbons (Fsp3) is 0.200. The molecule has 1 aromatic rings. The van der Waals surface area contributed by atoms with Crippen LogP contribution in [-0.2, 0) is 4.84 Å². The average Bonchev–Trinajstić information content (AvgIpc) is 2.70. The molecule has 1 radical (unpaired) electrons. The summed E-state index contributed by atoms with van der Waals surface area (Å²) < 4.78 is 0. The van der Waals surface area contributed by atoms with Gasteiger partial charge in [-0.25, -0.2) is 0 Å². The summed E-state index contributed by atoms with van der Waals surface area (Å²) in [4.78, 5) is 5.04. The van der Waals surface area contributed by atoms with Gasteiger partial charge in [-0.1, -0.05) is 23.4 Å². The minimum absolute atomic E-state index is 0.129. The van der Waals surface area contributed by atoms with Crippen molar-refractivity contribution in [3.05, 3.63) is 35.4 Å². The number of nitrogens with zero attached hydrogens (tertiary/aromatic N) is 2. The van der Waals surface area contributed by atoms with E-state index in [0.29, 0.717) is 12.0 Å². The Bertz CT molecular complexity index is 371. The summed E-state index contributed by atoms with van der Waals surface area (Å²) in [6, 6.07) is 9.50. The summed E-state index contributed by atoms with van der Waals surface area (Å²) >= 11 is 0. The third-order valence-corrected chi connectivity index (χ3v) is 1.95. The molecule has 0 aromatic heterocycles. The summed E-state index contributed by atoms with van der Waals surface area (Å²) in [6.45, 7) is 0. The molecular weight excluding hydrogens is 164 g/mol. The third-order valence-electron chi connectivity index (χ3n) is 1.95. The normalized spacial score (nSPS) is 19.5. The van der Waals surface area contributed by atoms with Gasteiger partial charge in [-0.2, -0.15) is 5.26 Å². The first kappa shape index (κ1) is 7.81. The van der Waals surface area contributed by atoms with Crippen LogP contribution in [0.15, 0.2) is 29.4 Å². The predicted molar refractivity (Wildman–Crippen MR) is 47.0 cm³/mol. The zero-order valence-electron chi connectivity index (χ0n) is 6.90. The van der Waals surface area contributed by atoms with Crippen LogP contribution < -0.4 is 0 Å². The predicted octanol–water partition coefficient (Wildman–Crippen LogP) is 1.88. The molecule has 2 rings (SSSR count). The number of hydrogen-bond acceptors (Lipinski definition) is 3. The van der Waals surface area contributed by atoms with E-state index in [4.69, 9.17) is 10.1 Å². The van der Waals surface area contributed by atoms with Crippen molar-refractivity contribution in [1.82, 2.24) is 0 Å². The van der Waals surface area contributed by atoms with Gasteiger partial charge in [-0.15, -0.1) is 0 Å². The second-order valence-corrected chi connectivity index (χ2v) is 2.75. The maximum atomic E-state index is 8.82. The lowest BCUT2D eigenvalue weighted by molar-refractivity contribution is 0.0856. The van der Waals surface area contributed by atoms with E-state index in [2.05, 4.69) is 17.4 Å². The van der Waals surface area contributed by atoms with Crippen LogP contribution in [0.25, 0.3) is 0 Å². The van der Waals surface area contributed by atoms with Crippen molar-refractivity contribution in [2.45, 2.75) is 12.5 Å². The summed E-state index contributed by atoms with van der Waals surface area (Å²) in [5.41, 5.74) is 1.53. The molecule has 1 aliphatic rings. The van der Waals surface area contributed by atoms with Gasteiger partial charge in [0.05, 0.1) is 11.6 Å². The zero-order valence-corrected chi connectivity index (χ0v) is 6.90. The van der Waals surface area contributed by atoms with E-state index in [1.165, 1.54) is 0 Å². The van der Waals surface area contributed by atoms with Gasteiger partial charge in [-0.3, -0.25) is 0 Å². The first-order valence-corrected chi connectivity index (χ1v) is 3.99. The lowest BCUT2D eigenvalue weighted by Crippen LogP contribution is -1.98. The number of hydrogen-bond donors (Lipinski definition) is 0. The van der Waals surface area contributed by atoms with Crippen molar-refractivity contribution in [3.63, 3.8) is 0 Å². The molecule has 1 heterocycles. The van der Waals surface area contributed by atoms with Gasteiger partial charge in [-0.05, 0) is 6.07 Å². The summed E-state index contributed by atoms with van der Waals surface area (Å²) in [6.07, 6.45) is 3.21. The number of rotatable bonds is 1. The molecule has 0 saturated heterocycles. The van der Waals surface area contributed by atoms with E-state index >= 15 is 0 Å². The molecule has 1 unspecified atom stereocenters. The van der Waals surface area contributed by atoms with Crippen LogP contribution in [0.4, 0.5) is 0 Å². The van der Waals surface area contributed by atoms with Crippen LogP contribution >= 0.6 is 0 Å². The van der Waals surface area contributed by atoms with Crippen LogP contribution in [0.5, 0.6) is 0 Å². The molecule has 3 heteroatoms. The topological polar surface area (TPSA) is 45.4 Å². The molecule has 0 spiro atoms. The molecular formula is C10H7N2O. The maximum Gasteiger partial charge on any atom is 0.159 e. The highest BCUT2D eigenvalue weighted by atomic mass is 16.6. The Morgan fingerprint density at radius 3 is 3.08 bits per heavy atom. The van der Waals surface area contributed by atoms with Crippen LogP contribution in [-0.4, -0.2) is 6.21 Å². The number of benzene rings is 1. The molecule has 3 nitrogen and oxygen atoms in total. The molecule has 0 amide bonds. The van der Waals surface area contributed by atoms with Crippen LogP contribution in [0.1, 0.15) is 23.7 Å². The molecule has 1 aromatic carbocycles. The Labute approximate surface area is 76.2 Å². The van der Waals surface area contributed by atoms with Gasteiger partial charge in [0, 0.05) is 12.0 Å². The van der Waals surface area contributed by atoms with E-state index in [1.807, 2.05) is 18.2 Å². The van der Waals surface area contributed by atoms with Gasteiger partial charge in [0.15, 0.2) is 6.10 Å². The highest BCUT2D eigenvalue weighted by Crippen LogP contribution is 2.26. The van der Waals surface area contributed by atoms with Gasteiger partial charge in [0.2, 0.25) is 0 Å². The molecule has 0 aliphatic carbocycles. The van der Waals surface area contributed by atoms with E-state index in [1.54, 1.807) is 6.07 Å². The smallest absolute Gasteiger partial charge is 0.159 e. The Hall–Kier alpha value is -1.82. The molecule has 1 aliphatic heterocycles. The van der Waals surface area contributed by atoms with Gasteiger partial charge < -0.3 is 4.84 Å². The Kier molecular flexibility index (Phi) is 1.97. The van der Waals surface area contributed by atoms with Crippen molar-refractivity contribution < 1.29 is 4.84 Å². The quantitative estimate of drug-likeness (QED) is 0.647. The molecule has 13 heavy (non-hydrogen) atoms. The largest absolute Gasteiger partial charge is 0.387 e. The molecule has 0 bridgehead atoms. The average molecular weight is 171 g/mol. The first-order chi connectivity index (χ1) is 6.42. The molecule has 0 fully saturated rings. The molecule has 63 valence electrons. The first-order valence-electron chi connectivity index (χ1n) is 3.99. The Morgan fingerprint density at radius 2 is 2.38 bits per heavy atom. The van der Waals surface area contributed by atoms with Crippen LogP contribution in [0.3, 0.4) is 0 Å². The maximum absolute atomic E-state index is 8.82.